The minimum absolute atomic E-state index is 0.0624. The Balaban J connectivity index is 1.52. The summed E-state index contributed by atoms with van der Waals surface area (Å²) in [6.45, 7) is 0.316. The summed E-state index contributed by atoms with van der Waals surface area (Å²) in [5.41, 5.74) is 1.27. The van der Waals surface area contributed by atoms with E-state index in [1.54, 1.807) is 7.11 Å². The van der Waals surface area contributed by atoms with Gasteiger partial charge < -0.3 is 15.2 Å². The van der Waals surface area contributed by atoms with Gasteiger partial charge >= 0.3 is 0 Å². The molecule has 1 atom stereocenters. The molecular weight excluding hydrogens is 302 g/mol. The quantitative estimate of drug-likeness (QED) is 0.872. The molecule has 2 aliphatic carbocycles. The Morgan fingerprint density at radius 2 is 2.04 bits per heavy atom. The zero-order valence-electron chi connectivity index (χ0n) is 14.6. The van der Waals surface area contributed by atoms with E-state index >= 15 is 0 Å². The lowest BCUT2D eigenvalue weighted by atomic mass is 9.79. The van der Waals surface area contributed by atoms with Crippen LogP contribution in [-0.4, -0.2) is 30.8 Å². The molecule has 4 nitrogen and oxygen atoms in total. The zero-order chi connectivity index (χ0) is 17.0. The molecule has 0 saturated heterocycles. The Hall–Kier alpha value is -1.39. The summed E-state index contributed by atoms with van der Waals surface area (Å²) in [5, 5.41) is 14.0. The summed E-state index contributed by atoms with van der Waals surface area (Å²) in [5.74, 6) is 0.511. The summed E-state index contributed by atoms with van der Waals surface area (Å²) in [7, 11) is 1.76. The molecule has 24 heavy (non-hydrogen) atoms. The summed E-state index contributed by atoms with van der Waals surface area (Å²) in [6, 6.07) is 8.05. The van der Waals surface area contributed by atoms with Crippen molar-refractivity contribution < 1.29 is 14.6 Å². The van der Waals surface area contributed by atoms with E-state index in [2.05, 4.69) is 11.4 Å². The van der Waals surface area contributed by atoms with Crippen molar-refractivity contribution in [2.45, 2.75) is 63.1 Å². The first kappa shape index (κ1) is 17.4. The monoisotopic (exact) mass is 331 g/mol. The molecule has 0 radical (unpaired) electrons. The van der Waals surface area contributed by atoms with Gasteiger partial charge in [0.2, 0.25) is 5.91 Å². The number of aliphatic hydroxyl groups is 1. The molecule has 0 heterocycles. The maximum atomic E-state index is 12.3. The fourth-order valence-electron chi connectivity index (χ4n) is 4.23. The molecule has 0 spiro atoms. The van der Waals surface area contributed by atoms with Crippen molar-refractivity contribution in [2.24, 2.45) is 5.92 Å². The number of nitrogens with one attached hydrogen (secondary N) is 1. The van der Waals surface area contributed by atoms with Crippen LogP contribution in [0.4, 0.5) is 0 Å². The van der Waals surface area contributed by atoms with Crippen LogP contribution in [-0.2, 0) is 21.6 Å². The number of hydrogen-bond acceptors (Lipinski definition) is 3. The van der Waals surface area contributed by atoms with Crippen molar-refractivity contribution in [3.8, 4) is 0 Å². The number of methoxy groups -OCH3 is 1. The second-order valence-electron chi connectivity index (χ2n) is 7.40. The number of hydrogen-bond donors (Lipinski definition) is 2. The lowest BCUT2D eigenvalue weighted by Crippen LogP contribution is -2.43. The lowest BCUT2D eigenvalue weighted by Gasteiger charge is -2.35. The van der Waals surface area contributed by atoms with Gasteiger partial charge in [0.15, 0.2) is 0 Å². The van der Waals surface area contributed by atoms with Crippen LogP contribution in [0.1, 0.15) is 56.1 Å². The van der Waals surface area contributed by atoms with Gasteiger partial charge in [-0.15, -0.1) is 0 Å². The van der Waals surface area contributed by atoms with Gasteiger partial charge in [-0.1, -0.05) is 24.3 Å². The van der Waals surface area contributed by atoms with Crippen molar-refractivity contribution in [1.29, 1.82) is 0 Å². The normalized spacial score (nSPS) is 29.8. The third kappa shape index (κ3) is 3.98. The number of carbonyl (C=O) groups is 1. The van der Waals surface area contributed by atoms with Crippen molar-refractivity contribution in [3.05, 3.63) is 35.4 Å². The average molecular weight is 331 g/mol. The minimum atomic E-state index is -0.918. The van der Waals surface area contributed by atoms with Gasteiger partial charge in [-0.2, -0.15) is 0 Å². The van der Waals surface area contributed by atoms with Gasteiger partial charge in [-0.05, 0) is 62.0 Å². The fourth-order valence-corrected chi connectivity index (χ4v) is 4.23. The lowest BCUT2D eigenvalue weighted by molar-refractivity contribution is -0.124. The second kappa shape index (κ2) is 7.66. The van der Waals surface area contributed by atoms with E-state index in [1.807, 2.05) is 18.2 Å². The van der Waals surface area contributed by atoms with Crippen LogP contribution in [0.5, 0.6) is 0 Å². The van der Waals surface area contributed by atoms with Crippen LogP contribution in [0.2, 0.25) is 0 Å². The highest BCUT2D eigenvalue weighted by Gasteiger charge is 2.34. The smallest absolute Gasteiger partial charge is 0.220 e. The molecule has 0 bridgehead atoms. The van der Waals surface area contributed by atoms with Crippen LogP contribution in [0.15, 0.2) is 24.3 Å². The maximum absolute atomic E-state index is 12.3. The molecule has 4 heteroatoms. The van der Waals surface area contributed by atoms with Crippen LogP contribution >= 0.6 is 0 Å². The van der Waals surface area contributed by atoms with Crippen molar-refractivity contribution >= 4 is 5.91 Å². The van der Waals surface area contributed by atoms with E-state index in [9.17, 15) is 9.90 Å². The van der Waals surface area contributed by atoms with E-state index in [4.69, 9.17) is 4.74 Å². The molecule has 2 aliphatic rings. The van der Waals surface area contributed by atoms with E-state index in [0.29, 0.717) is 31.4 Å². The number of fused-ring (bicyclic) bond motifs is 1. The Morgan fingerprint density at radius 3 is 2.79 bits per heavy atom. The molecule has 132 valence electrons. The number of rotatable bonds is 5. The summed E-state index contributed by atoms with van der Waals surface area (Å²) < 4.78 is 5.38. The Bertz CT molecular complexity index is 566. The second-order valence-corrected chi connectivity index (χ2v) is 7.40. The number of ether oxygens (including phenoxy) is 1. The zero-order valence-corrected chi connectivity index (χ0v) is 14.6. The van der Waals surface area contributed by atoms with Crippen LogP contribution < -0.4 is 5.32 Å². The van der Waals surface area contributed by atoms with Gasteiger partial charge in [0.25, 0.3) is 0 Å². The fraction of sp³-hybridized carbons (Fsp3) is 0.650. The Kier molecular flexibility index (Phi) is 5.57. The predicted octanol–water partition coefficient (Wildman–Crippen LogP) is 2.92. The molecule has 1 unspecified atom stereocenters. The van der Waals surface area contributed by atoms with Gasteiger partial charge in [0.1, 0.15) is 5.60 Å². The average Bonchev–Trinajstić information content (AvgIpc) is 2.61. The van der Waals surface area contributed by atoms with Gasteiger partial charge in [-0.25, -0.2) is 0 Å². The van der Waals surface area contributed by atoms with E-state index in [1.165, 1.54) is 5.56 Å². The Morgan fingerprint density at radius 1 is 1.29 bits per heavy atom. The molecule has 1 aromatic rings. The number of amides is 1. The maximum Gasteiger partial charge on any atom is 0.220 e. The molecule has 1 aromatic carbocycles. The number of benzene rings is 1. The highest BCUT2D eigenvalue weighted by molar-refractivity contribution is 5.76. The molecule has 1 saturated carbocycles. The first-order chi connectivity index (χ1) is 11.6. The van der Waals surface area contributed by atoms with Gasteiger partial charge in [0, 0.05) is 13.5 Å². The number of aryl methyl sites for hydroxylation is 1. The molecule has 2 N–H and O–H groups in total. The summed E-state index contributed by atoms with van der Waals surface area (Å²) in [6.07, 6.45) is 7.82. The van der Waals surface area contributed by atoms with Crippen molar-refractivity contribution in [2.75, 3.05) is 13.7 Å². The van der Waals surface area contributed by atoms with E-state index in [-0.39, 0.29) is 5.91 Å². The molecule has 0 aliphatic heterocycles. The van der Waals surface area contributed by atoms with Crippen LogP contribution in [0.25, 0.3) is 0 Å². The molecule has 0 aromatic heterocycles. The standard InChI is InChI=1S/C20H29NO3/c1-24-17-10-8-15(9-11-17)13-19(22)21-14-20(23)12-4-6-16-5-2-3-7-18(16)20/h2-3,5,7,15,17,23H,4,6,8-14H2,1H3,(H,21,22). The Labute approximate surface area is 144 Å². The summed E-state index contributed by atoms with van der Waals surface area (Å²) >= 11 is 0. The highest BCUT2D eigenvalue weighted by atomic mass is 16.5. The SMILES string of the molecule is COC1CCC(CC(=O)NCC2(O)CCCc3ccccc32)CC1. The van der Waals surface area contributed by atoms with Crippen molar-refractivity contribution in [1.82, 2.24) is 5.32 Å². The first-order valence-corrected chi connectivity index (χ1v) is 9.21. The highest BCUT2D eigenvalue weighted by Crippen LogP contribution is 2.35. The number of carbonyl (C=O) groups excluding carboxylic acids is 1. The largest absolute Gasteiger partial charge is 0.383 e. The third-order valence-electron chi connectivity index (χ3n) is 5.73. The topological polar surface area (TPSA) is 58.6 Å². The molecule has 1 fully saturated rings. The molecular formula is C20H29NO3. The van der Waals surface area contributed by atoms with Gasteiger partial charge in [-0.3, -0.25) is 4.79 Å². The van der Waals surface area contributed by atoms with Crippen molar-refractivity contribution in [3.63, 3.8) is 0 Å². The minimum Gasteiger partial charge on any atom is -0.383 e. The predicted molar refractivity (Wildman–Crippen MR) is 93.7 cm³/mol. The van der Waals surface area contributed by atoms with Crippen LogP contribution in [0, 0.1) is 5.92 Å². The van der Waals surface area contributed by atoms with E-state index in [0.717, 1.165) is 44.1 Å². The van der Waals surface area contributed by atoms with E-state index < -0.39 is 5.60 Å². The third-order valence-corrected chi connectivity index (χ3v) is 5.73. The molecule has 1 amide bonds. The molecule has 3 rings (SSSR count). The summed E-state index contributed by atoms with van der Waals surface area (Å²) in [4.78, 5) is 12.3. The van der Waals surface area contributed by atoms with Gasteiger partial charge in [0.05, 0.1) is 12.6 Å². The first-order valence-electron chi connectivity index (χ1n) is 9.21. The van der Waals surface area contributed by atoms with Crippen LogP contribution in [0.3, 0.4) is 0 Å².